The third-order valence-electron chi connectivity index (χ3n) is 2.84. The van der Waals surface area contributed by atoms with E-state index >= 15 is 0 Å². The summed E-state index contributed by atoms with van der Waals surface area (Å²) < 4.78 is 14.1. The first-order valence-corrected chi connectivity index (χ1v) is 8.57. The number of aliphatic imine (C=N–C) groups is 1. The fraction of sp³-hybridized carbons (Fsp3) is 0.333. The Morgan fingerprint density at radius 3 is 2.83 bits per heavy atom. The Labute approximate surface area is 165 Å². The Hall–Kier alpha value is -0.740. The van der Waals surface area contributed by atoms with E-state index in [0.717, 1.165) is 21.6 Å². The summed E-state index contributed by atoms with van der Waals surface area (Å²) in [5.41, 5.74) is 0.808. The van der Waals surface area contributed by atoms with Crippen LogP contribution in [0.2, 0.25) is 0 Å². The first-order valence-electron chi connectivity index (χ1n) is 6.96. The third kappa shape index (κ3) is 6.72. The molecule has 0 amide bonds. The van der Waals surface area contributed by atoms with Crippen LogP contribution in [0, 0.1) is 12.7 Å². The molecule has 1 aromatic heterocycles. The van der Waals surface area contributed by atoms with Gasteiger partial charge in [-0.05, 0) is 37.6 Å². The van der Waals surface area contributed by atoms with Gasteiger partial charge in [0.05, 0.1) is 13.1 Å². The number of aryl methyl sites for hydroxylation is 1. The van der Waals surface area contributed by atoms with Crippen LogP contribution in [0.3, 0.4) is 0 Å². The quantitative estimate of drug-likeness (QED) is 0.358. The molecule has 8 heteroatoms. The van der Waals surface area contributed by atoms with E-state index in [1.165, 1.54) is 17.0 Å². The third-order valence-corrected chi connectivity index (χ3v) is 4.52. The second-order valence-electron chi connectivity index (χ2n) is 4.65. The highest BCUT2D eigenvalue weighted by Crippen LogP contribution is 2.18. The number of halogens is 3. The summed E-state index contributed by atoms with van der Waals surface area (Å²) in [6, 6.07) is 4.60. The Morgan fingerprint density at radius 1 is 1.39 bits per heavy atom. The monoisotopic (exact) mass is 512 g/mol. The molecule has 0 saturated carbocycles. The van der Waals surface area contributed by atoms with E-state index in [-0.39, 0.29) is 29.8 Å². The van der Waals surface area contributed by atoms with E-state index in [2.05, 4.69) is 36.5 Å². The van der Waals surface area contributed by atoms with Crippen LogP contribution in [-0.4, -0.2) is 17.5 Å². The lowest BCUT2D eigenvalue weighted by Crippen LogP contribution is -2.36. The summed E-state index contributed by atoms with van der Waals surface area (Å²) in [6.07, 6.45) is 1.86. The number of hydrogen-bond donors (Lipinski definition) is 2. The molecule has 2 N–H and O–H groups in total. The molecule has 0 spiro atoms. The zero-order valence-corrected chi connectivity index (χ0v) is 17.6. The fourth-order valence-electron chi connectivity index (χ4n) is 1.81. The van der Waals surface area contributed by atoms with Crippen LogP contribution < -0.4 is 10.6 Å². The van der Waals surface area contributed by atoms with Crippen molar-refractivity contribution >= 4 is 57.2 Å². The van der Waals surface area contributed by atoms with Gasteiger partial charge in [0.15, 0.2) is 5.96 Å². The zero-order chi connectivity index (χ0) is 15.9. The maximum Gasteiger partial charge on any atom is 0.191 e. The average molecular weight is 513 g/mol. The first-order chi connectivity index (χ1) is 10.6. The molecule has 0 aliphatic heterocycles. The van der Waals surface area contributed by atoms with Crippen molar-refractivity contribution < 1.29 is 4.39 Å². The van der Waals surface area contributed by atoms with Crippen LogP contribution in [0.1, 0.15) is 22.4 Å². The molecular formula is C15H19BrFIN4S. The van der Waals surface area contributed by atoms with E-state index in [1.807, 2.05) is 20.0 Å². The van der Waals surface area contributed by atoms with Crippen molar-refractivity contribution in [3.63, 3.8) is 0 Å². The van der Waals surface area contributed by atoms with Crippen LogP contribution >= 0.6 is 51.2 Å². The van der Waals surface area contributed by atoms with Crippen LogP contribution in [0.15, 0.2) is 33.9 Å². The Balaban J connectivity index is 0.00000264. The average Bonchev–Trinajstić information content (AvgIpc) is 2.91. The molecule has 0 atom stereocenters. The van der Waals surface area contributed by atoms with Crippen molar-refractivity contribution in [2.24, 2.45) is 4.99 Å². The van der Waals surface area contributed by atoms with Gasteiger partial charge < -0.3 is 10.6 Å². The molecule has 1 aromatic carbocycles. The number of benzene rings is 1. The summed E-state index contributed by atoms with van der Waals surface area (Å²) in [5.74, 6) is 0.427. The van der Waals surface area contributed by atoms with Gasteiger partial charge in [-0.25, -0.2) is 14.4 Å². The molecular weight excluding hydrogens is 494 g/mol. The minimum absolute atomic E-state index is 0. The van der Waals surface area contributed by atoms with Gasteiger partial charge in [0.25, 0.3) is 0 Å². The maximum atomic E-state index is 13.3. The number of hydrogen-bond acceptors (Lipinski definition) is 3. The van der Waals surface area contributed by atoms with Gasteiger partial charge in [-0.15, -0.1) is 35.3 Å². The predicted molar refractivity (Wildman–Crippen MR) is 108 cm³/mol. The molecule has 2 aromatic rings. The van der Waals surface area contributed by atoms with Crippen molar-refractivity contribution in [3.05, 3.63) is 50.1 Å². The molecule has 0 aliphatic carbocycles. The number of rotatable bonds is 5. The SMILES string of the molecule is CCNC(=NCc1cc(F)ccc1Br)NCc1ncc(C)s1.I. The van der Waals surface area contributed by atoms with Gasteiger partial charge in [0.1, 0.15) is 10.8 Å². The van der Waals surface area contributed by atoms with Crippen molar-refractivity contribution in [2.45, 2.75) is 26.9 Å². The number of nitrogens with one attached hydrogen (secondary N) is 2. The largest absolute Gasteiger partial charge is 0.357 e. The molecule has 0 unspecified atom stereocenters. The molecule has 4 nitrogen and oxygen atoms in total. The van der Waals surface area contributed by atoms with Gasteiger partial charge in [-0.1, -0.05) is 15.9 Å². The van der Waals surface area contributed by atoms with Gasteiger partial charge in [-0.2, -0.15) is 0 Å². The lowest BCUT2D eigenvalue weighted by molar-refractivity contribution is 0.625. The molecule has 0 radical (unpaired) electrons. The van der Waals surface area contributed by atoms with Crippen LogP contribution in [0.5, 0.6) is 0 Å². The van der Waals surface area contributed by atoms with E-state index in [1.54, 1.807) is 17.4 Å². The van der Waals surface area contributed by atoms with Gasteiger partial charge in [-0.3, -0.25) is 0 Å². The highest BCUT2D eigenvalue weighted by atomic mass is 127. The summed E-state index contributed by atoms with van der Waals surface area (Å²) >= 11 is 5.07. The summed E-state index contributed by atoms with van der Waals surface area (Å²) in [4.78, 5) is 9.97. The smallest absolute Gasteiger partial charge is 0.191 e. The molecule has 0 aliphatic rings. The van der Waals surface area contributed by atoms with Crippen LogP contribution in [-0.2, 0) is 13.1 Å². The van der Waals surface area contributed by atoms with Crippen molar-refractivity contribution in [1.82, 2.24) is 15.6 Å². The zero-order valence-electron chi connectivity index (χ0n) is 12.9. The molecule has 0 bridgehead atoms. The van der Waals surface area contributed by atoms with Crippen molar-refractivity contribution in [3.8, 4) is 0 Å². The molecule has 0 fully saturated rings. The molecule has 23 heavy (non-hydrogen) atoms. The van der Waals surface area contributed by atoms with Gasteiger partial charge in [0.2, 0.25) is 0 Å². The number of aromatic nitrogens is 1. The van der Waals surface area contributed by atoms with Crippen LogP contribution in [0.25, 0.3) is 0 Å². The normalized spacial score (nSPS) is 11.0. The highest BCUT2D eigenvalue weighted by molar-refractivity contribution is 14.0. The lowest BCUT2D eigenvalue weighted by Gasteiger charge is -2.10. The fourth-order valence-corrected chi connectivity index (χ4v) is 2.91. The van der Waals surface area contributed by atoms with Gasteiger partial charge >= 0.3 is 0 Å². The highest BCUT2D eigenvalue weighted by Gasteiger charge is 2.04. The van der Waals surface area contributed by atoms with Crippen molar-refractivity contribution in [1.29, 1.82) is 0 Å². The van der Waals surface area contributed by atoms with E-state index < -0.39 is 0 Å². The molecule has 2 rings (SSSR count). The minimum Gasteiger partial charge on any atom is -0.357 e. The Morgan fingerprint density at radius 2 is 2.17 bits per heavy atom. The first kappa shape index (κ1) is 20.3. The van der Waals surface area contributed by atoms with Gasteiger partial charge in [0, 0.05) is 22.1 Å². The van der Waals surface area contributed by atoms with E-state index in [9.17, 15) is 4.39 Å². The van der Waals surface area contributed by atoms with E-state index in [0.29, 0.717) is 19.0 Å². The predicted octanol–water partition coefficient (Wildman–Crippen LogP) is 4.23. The standard InChI is InChI=1S/C15H18BrFN4S.HI/c1-3-18-15(21-9-14-19-7-10(2)22-14)20-8-11-6-12(17)4-5-13(11)16;/h4-7H,3,8-9H2,1-2H3,(H2,18,20,21);1H. The lowest BCUT2D eigenvalue weighted by atomic mass is 10.2. The number of guanidine groups is 1. The summed E-state index contributed by atoms with van der Waals surface area (Å²) in [7, 11) is 0. The minimum atomic E-state index is -0.260. The Kier molecular flexibility index (Phi) is 9.00. The van der Waals surface area contributed by atoms with Crippen LogP contribution in [0.4, 0.5) is 4.39 Å². The summed E-state index contributed by atoms with van der Waals surface area (Å²) in [5, 5.41) is 7.41. The Bertz CT molecular complexity index is 663. The topological polar surface area (TPSA) is 49.3 Å². The maximum absolute atomic E-state index is 13.3. The molecule has 0 saturated heterocycles. The second kappa shape index (κ2) is 10.2. The summed E-state index contributed by atoms with van der Waals surface area (Å²) in [6.45, 7) is 5.80. The number of thiazole rings is 1. The molecule has 126 valence electrons. The number of nitrogens with zero attached hydrogens (tertiary/aromatic N) is 2. The van der Waals surface area contributed by atoms with Crippen molar-refractivity contribution in [2.75, 3.05) is 6.54 Å². The second-order valence-corrected chi connectivity index (χ2v) is 6.82. The van der Waals surface area contributed by atoms with E-state index in [4.69, 9.17) is 0 Å². The molecule has 1 heterocycles.